The minimum atomic E-state index is 0.893. The number of hydrogen-bond donors (Lipinski definition) is 1. The van der Waals surface area contributed by atoms with E-state index in [0.717, 1.165) is 17.2 Å². The minimum Gasteiger partial charge on any atom is -0.340 e. The summed E-state index contributed by atoms with van der Waals surface area (Å²) in [5.74, 6) is 0.893. The van der Waals surface area contributed by atoms with Crippen molar-refractivity contribution in [1.82, 2.24) is 4.98 Å². The highest BCUT2D eigenvalue weighted by molar-refractivity contribution is 5.56. The molecule has 2 aromatic rings. The SMILES string of the molecule is Cc1ccc(Nc2ccccc2)nc1C. The maximum Gasteiger partial charge on any atom is 0.130 e. The maximum atomic E-state index is 4.46. The molecule has 2 nitrogen and oxygen atoms in total. The van der Waals surface area contributed by atoms with Gasteiger partial charge in [-0.25, -0.2) is 4.98 Å². The smallest absolute Gasteiger partial charge is 0.130 e. The van der Waals surface area contributed by atoms with Crippen LogP contribution in [0.4, 0.5) is 11.5 Å². The Morgan fingerprint density at radius 3 is 2.33 bits per heavy atom. The highest BCUT2D eigenvalue weighted by Crippen LogP contribution is 2.15. The molecule has 1 N–H and O–H groups in total. The van der Waals surface area contributed by atoms with Crippen molar-refractivity contribution in [2.45, 2.75) is 13.8 Å². The standard InChI is InChI=1S/C13H14N2/c1-10-8-9-13(14-11(10)2)15-12-6-4-3-5-7-12/h3-9H,1-2H3,(H,14,15). The Morgan fingerprint density at radius 2 is 1.67 bits per heavy atom. The summed E-state index contributed by atoms with van der Waals surface area (Å²) in [6.07, 6.45) is 0. The molecule has 2 rings (SSSR count). The van der Waals surface area contributed by atoms with Crippen molar-refractivity contribution in [2.24, 2.45) is 0 Å². The Balaban J connectivity index is 2.22. The zero-order valence-electron chi connectivity index (χ0n) is 8.99. The fourth-order valence-electron chi connectivity index (χ4n) is 1.37. The topological polar surface area (TPSA) is 24.9 Å². The third-order valence-electron chi connectivity index (χ3n) is 2.40. The highest BCUT2D eigenvalue weighted by Gasteiger charge is 1.97. The number of nitrogens with zero attached hydrogens (tertiary/aromatic N) is 1. The Bertz CT molecular complexity index is 449. The van der Waals surface area contributed by atoms with Crippen molar-refractivity contribution >= 4 is 11.5 Å². The van der Waals surface area contributed by atoms with Crippen LogP contribution in [-0.2, 0) is 0 Å². The van der Waals surface area contributed by atoms with E-state index in [-0.39, 0.29) is 0 Å². The summed E-state index contributed by atoms with van der Waals surface area (Å²) < 4.78 is 0. The Labute approximate surface area is 90.0 Å². The first-order chi connectivity index (χ1) is 7.25. The van der Waals surface area contributed by atoms with Gasteiger partial charge in [-0.3, -0.25) is 0 Å². The molecule has 0 aliphatic heterocycles. The maximum absolute atomic E-state index is 4.46. The monoisotopic (exact) mass is 198 g/mol. The van der Waals surface area contributed by atoms with Crippen LogP contribution in [0.2, 0.25) is 0 Å². The number of para-hydroxylation sites is 1. The van der Waals surface area contributed by atoms with E-state index in [1.165, 1.54) is 5.56 Å². The molecule has 0 unspecified atom stereocenters. The van der Waals surface area contributed by atoms with Gasteiger partial charge in [0.1, 0.15) is 5.82 Å². The molecule has 0 atom stereocenters. The van der Waals surface area contributed by atoms with Crippen LogP contribution < -0.4 is 5.32 Å². The second-order valence-corrected chi connectivity index (χ2v) is 3.59. The van der Waals surface area contributed by atoms with E-state index in [0.29, 0.717) is 0 Å². The molecule has 1 aromatic carbocycles. The number of pyridine rings is 1. The van der Waals surface area contributed by atoms with Crippen molar-refractivity contribution in [3.8, 4) is 0 Å². The first-order valence-corrected chi connectivity index (χ1v) is 5.02. The third kappa shape index (κ3) is 2.34. The summed E-state index contributed by atoms with van der Waals surface area (Å²) in [7, 11) is 0. The molecule has 0 radical (unpaired) electrons. The summed E-state index contributed by atoms with van der Waals surface area (Å²) in [5.41, 5.74) is 3.35. The van der Waals surface area contributed by atoms with E-state index in [4.69, 9.17) is 0 Å². The second kappa shape index (κ2) is 4.13. The van der Waals surface area contributed by atoms with Gasteiger partial charge in [-0.1, -0.05) is 24.3 Å². The number of benzene rings is 1. The summed E-state index contributed by atoms with van der Waals surface area (Å²) >= 11 is 0. The summed E-state index contributed by atoms with van der Waals surface area (Å²) in [6.45, 7) is 4.08. The van der Waals surface area contributed by atoms with Crippen LogP contribution in [-0.4, -0.2) is 4.98 Å². The Morgan fingerprint density at radius 1 is 0.933 bits per heavy atom. The molecule has 0 fully saturated rings. The summed E-state index contributed by atoms with van der Waals surface area (Å²) in [5, 5.41) is 3.26. The molecule has 1 heterocycles. The van der Waals surface area contributed by atoms with E-state index in [1.54, 1.807) is 0 Å². The first kappa shape index (κ1) is 9.71. The van der Waals surface area contributed by atoms with Crippen molar-refractivity contribution < 1.29 is 0 Å². The van der Waals surface area contributed by atoms with Gasteiger partial charge in [0.25, 0.3) is 0 Å². The van der Waals surface area contributed by atoms with E-state index in [1.807, 2.05) is 43.3 Å². The molecule has 1 aromatic heterocycles. The minimum absolute atomic E-state index is 0.893. The molecule has 0 saturated carbocycles. The van der Waals surface area contributed by atoms with Crippen LogP contribution in [0.15, 0.2) is 42.5 Å². The average molecular weight is 198 g/mol. The Kier molecular flexibility index (Phi) is 2.68. The molecule has 0 aliphatic carbocycles. The number of aromatic nitrogens is 1. The van der Waals surface area contributed by atoms with Gasteiger partial charge in [0.15, 0.2) is 0 Å². The van der Waals surface area contributed by atoms with Gasteiger partial charge in [-0.05, 0) is 37.6 Å². The second-order valence-electron chi connectivity index (χ2n) is 3.59. The Hall–Kier alpha value is -1.83. The third-order valence-corrected chi connectivity index (χ3v) is 2.40. The van der Waals surface area contributed by atoms with Crippen LogP contribution in [0.25, 0.3) is 0 Å². The van der Waals surface area contributed by atoms with Gasteiger partial charge >= 0.3 is 0 Å². The number of anilines is 2. The quantitative estimate of drug-likeness (QED) is 0.799. The molecular weight excluding hydrogens is 184 g/mol. The van der Waals surface area contributed by atoms with Crippen LogP contribution in [0.3, 0.4) is 0 Å². The normalized spacial score (nSPS) is 10.0. The van der Waals surface area contributed by atoms with Crippen molar-refractivity contribution in [1.29, 1.82) is 0 Å². The van der Waals surface area contributed by atoms with E-state index in [2.05, 4.69) is 23.3 Å². The van der Waals surface area contributed by atoms with Crippen molar-refractivity contribution in [3.05, 3.63) is 53.7 Å². The van der Waals surface area contributed by atoms with E-state index >= 15 is 0 Å². The molecule has 0 aliphatic rings. The van der Waals surface area contributed by atoms with Crippen LogP contribution in [0, 0.1) is 13.8 Å². The number of aryl methyl sites for hydroxylation is 2. The van der Waals surface area contributed by atoms with Gasteiger partial charge in [-0.2, -0.15) is 0 Å². The average Bonchev–Trinajstić information content (AvgIpc) is 2.25. The molecule has 0 spiro atoms. The fourth-order valence-corrected chi connectivity index (χ4v) is 1.37. The lowest BCUT2D eigenvalue weighted by Gasteiger charge is -2.07. The fraction of sp³-hybridized carbons (Fsp3) is 0.154. The first-order valence-electron chi connectivity index (χ1n) is 5.02. The lowest BCUT2D eigenvalue weighted by atomic mass is 10.2. The van der Waals surface area contributed by atoms with Crippen LogP contribution >= 0.6 is 0 Å². The van der Waals surface area contributed by atoms with Gasteiger partial charge in [0, 0.05) is 11.4 Å². The number of hydrogen-bond acceptors (Lipinski definition) is 2. The summed E-state index contributed by atoms with van der Waals surface area (Å²) in [6, 6.07) is 14.1. The molecule has 0 saturated heterocycles. The zero-order chi connectivity index (χ0) is 10.7. The molecule has 15 heavy (non-hydrogen) atoms. The van der Waals surface area contributed by atoms with Gasteiger partial charge in [-0.15, -0.1) is 0 Å². The van der Waals surface area contributed by atoms with Gasteiger partial charge in [0.2, 0.25) is 0 Å². The summed E-state index contributed by atoms with van der Waals surface area (Å²) in [4.78, 5) is 4.46. The van der Waals surface area contributed by atoms with E-state index in [9.17, 15) is 0 Å². The van der Waals surface area contributed by atoms with Gasteiger partial charge < -0.3 is 5.32 Å². The lowest BCUT2D eigenvalue weighted by molar-refractivity contribution is 1.15. The van der Waals surface area contributed by atoms with Crippen LogP contribution in [0.1, 0.15) is 11.3 Å². The predicted molar refractivity (Wildman–Crippen MR) is 63.4 cm³/mol. The number of nitrogens with one attached hydrogen (secondary N) is 1. The van der Waals surface area contributed by atoms with E-state index < -0.39 is 0 Å². The molecule has 76 valence electrons. The molecule has 0 bridgehead atoms. The van der Waals surface area contributed by atoms with Crippen molar-refractivity contribution in [2.75, 3.05) is 5.32 Å². The van der Waals surface area contributed by atoms with Crippen molar-refractivity contribution in [3.63, 3.8) is 0 Å². The molecule has 0 amide bonds. The lowest BCUT2D eigenvalue weighted by Crippen LogP contribution is -1.95. The highest BCUT2D eigenvalue weighted by atomic mass is 15.0. The molecule has 2 heteroatoms. The molecular formula is C13H14N2. The number of rotatable bonds is 2. The predicted octanol–water partition coefficient (Wildman–Crippen LogP) is 3.44. The largest absolute Gasteiger partial charge is 0.340 e. The zero-order valence-corrected chi connectivity index (χ0v) is 8.99. The van der Waals surface area contributed by atoms with Gasteiger partial charge in [0.05, 0.1) is 0 Å². The van der Waals surface area contributed by atoms with Crippen LogP contribution in [0.5, 0.6) is 0 Å².